The van der Waals surface area contributed by atoms with Gasteiger partial charge in [-0.05, 0) is 56.4 Å². The molecule has 0 spiro atoms. The van der Waals surface area contributed by atoms with Gasteiger partial charge in [0.25, 0.3) is 5.91 Å². The van der Waals surface area contributed by atoms with Gasteiger partial charge >= 0.3 is 12.0 Å². The summed E-state index contributed by atoms with van der Waals surface area (Å²) in [6.45, 7) is 0. The van der Waals surface area contributed by atoms with Crippen LogP contribution in [0.5, 0.6) is 5.75 Å². The van der Waals surface area contributed by atoms with Crippen LogP contribution in [-0.2, 0) is 14.3 Å². The molecule has 0 unspecified atom stereocenters. The van der Waals surface area contributed by atoms with E-state index in [4.69, 9.17) is 4.74 Å². The van der Waals surface area contributed by atoms with E-state index in [0.29, 0.717) is 5.69 Å². The molecule has 0 bridgehead atoms. The van der Waals surface area contributed by atoms with Crippen LogP contribution in [0.1, 0.15) is 38.5 Å². The van der Waals surface area contributed by atoms with E-state index in [0.717, 1.165) is 23.5 Å². The topological polar surface area (TPSA) is 84.9 Å². The molecule has 1 saturated carbocycles. The largest absolute Gasteiger partial charge is 0.490 e. The predicted octanol–water partition coefficient (Wildman–Crippen LogP) is 2.39. The molecule has 1 aromatic rings. The minimum absolute atomic E-state index is 0.0786. The molecule has 1 atom stereocenters. The number of esters is 1. The van der Waals surface area contributed by atoms with Crippen molar-refractivity contribution in [2.75, 3.05) is 12.0 Å². The molecule has 1 aromatic carbocycles. The molecule has 1 heterocycles. The van der Waals surface area contributed by atoms with Crippen LogP contribution < -0.4 is 15.0 Å². The molecule has 3 rings (SSSR count). The number of carbonyl (C=O) groups excluding carboxylic acids is 3. The van der Waals surface area contributed by atoms with Crippen molar-refractivity contribution in [1.29, 1.82) is 0 Å². The molecule has 2 aliphatic rings. The Bertz CT molecular complexity index is 652. The van der Waals surface area contributed by atoms with Gasteiger partial charge in [0.1, 0.15) is 11.8 Å². The molecular formula is C18H22N2O5. The van der Waals surface area contributed by atoms with E-state index >= 15 is 0 Å². The molecule has 1 aliphatic carbocycles. The summed E-state index contributed by atoms with van der Waals surface area (Å²) in [5, 5.41) is 2.60. The molecule has 25 heavy (non-hydrogen) atoms. The zero-order chi connectivity index (χ0) is 17.8. The van der Waals surface area contributed by atoms with Crippen LogP contribution in [0.4, 0.5) is 10.5 Å². The molecule has 0 aromatic heterocycles. The lowest BCUT2D eigenvalue weighted by molar-refractivity contribution is -0.140. The highest BCUT2D eigenvalue weighted by Crippen LogP contribution is 2.27. The summed E-state index contributed by atoms with van der Waals surface area (Å²) in [4.78, 5) is 36.9. The van der Waals surface area contributed by atoms with Crippen LogP contribution >= 0.6 is 0 Å². The van der Waals surface area contributed by atoms with E-state index in [2.05, 4.69) is 10.1 Å². The average Bonchev–Trinajstić information content (AvgIpc) is 3.22. The number of ether oxygens (including phenoxy) is 2. The monoisotopic (exact) mass is 346 g/mol. The van der Waals surface area contributed by atoms with E-state index in [1.807, 2.05) is 0 Å². The van der Waals surface area contributed by atoms with Gasteiger partial charge in [-0.2, -0.15) is 0 Å². The molecule has 0 radical (unpaired) electrons. The first-order valence-electron chi connectivity index (χ1n) is 8.56. The van der Waals surface area contributed by atoms with Gasteiger partial charge in [0.05, 0.1) is 18.9 Å². The smallest absolute Gasteiger partial charge is 0.329 e. The third-order valence-electron chi connectivity index (χ3n) is 4.58. The molecule has 1 saturated heterocycles. The minimum atomic E-state index is -0.707. The Balaban J connectivity index is 1.63. The van der Waals surface area contributed by atoms with Crippen molar-refractivity contribution in [3.63, 3.8) is 0 Å². The summed E-state index contributed by atoms with van der Waals surface area (Å²) in [5.41, 5.74) is 0.488. The van der Waals surface area contributed by atoms with Gasteiger partial charge in [-0.1, -0.05) is 0 Å². The Kier molecular flexibility index (Phi) is 5.21. The zero-order valence-electron chi connectivity index (χ0n) is 14.2. The first-order chi connectivity index (χ1) is 12.1. The van der Waals surface area contributed by atoms with Gasteiger partial charge in [-0.3, -0.25) is 9.59 Å². The number of hydrogen-bond acceptors (Lipinski definition) is 5. The highest BCUT2D eigenvalue weighted by Gasteiger charge is 2.39. The van der Waals surface area contributed by atoms with Crippen LogP contribution in [0, 0.1) is 0 Å². The molecule has 7 heteroatoms. The number of nitrogens with one attached hydrogen (secondary N) is 1. The number of hydrogen-bond donors (Lipinski definition) is 1. The normalized spacial score (nSPS) is 20.7. The summed E-state index contributed by atoms with van der Waals surface area (Å²) >= 11 is 0. The standard InChI is InChI=1S/C18H22N2O5/c1-24-16(21)11-10-15-17(22)20(18(23)19-15)12-6-8-14(9-7-12)25-13-4-2-3-5-13/h6-9,13,15H,2-5,10-11H2,1H3,(H,19,23)/t15-/m1/s1. The fraction of sp³-hybridized carbons (Fsp3) is 0.500. The van der Waals surface area contributed by atoms with E-state index < -0.39 is 18.0 Å². The number of urea groups is 1. The molecule has 2 fully saturated rings. The number of amides is 3. The van der Waals surface area contributed by atoms with Crippen molar-refractivity contribution in [1.82, 2.24) is 5.32 Å². The van der Waals surface area contributed by atoms with Crippen molar-refractivity contribution < 1.29 is 23.9 Å². The molecule has 1 N–H and O–H groups in total. The molecule has 1 aliphatic heterocycles. The van der Waals surface area contributed by atoms with Gasteiger partial charge in [-0.15, -0.1) is 0 Å². The van der Waals surface area contributed by atoms with Crippen LogP contribution in [0.15, 0.2) is 24.3 Å². The van der Waals surface area contributed by atoms with Crippen LogP contribution in [-0.4, -0.2) is 37.2 Å². The first-order valence-corrected chi connectivity index (χ1v) is 8.56. The van der Waals surface area contributed by atoms with E-state index in [1.54, 1.807) is 24.3 Å². The highest BCUT2D eigenvalue weighted by atomic mass is 16.5. The molecule has 7 nitrogen and oxygen atoms in total. The van der Waals surface area contributed by atoms with Gasteiger partial charge in [0.2, 0.25) is 0 Å². The highest BCUT2D eigenvalue weighted by molar-refractivity contribution is 6.21. The Labute approximate surface area is 146 Å². The number of anilines is 1. The number of methoxy groups -OCH3 is 1. The Morgan fingerprint density at radius 3 is 2.52 bits per heavy atom. The lowest BCUT2D eigenvalue weighted by atomic mass is 10.1. The maximum Gasteiger partial charge on any atom is 0.329 e. The number of imide groups is 1. The summed E-state index contributed by atoms with van der Waals surface area (Å²) in [6, 6.07) is 5.76. The van der Waals surface area contributed by atoms with Crippen molar-refractivity contribution in [3.05, 3.63) is 24.3 Å². The summed E-state index contributed by atoms with van der Waals surface area (Å²) in [5.74, 6) is -0.0303. The van der Waals surface area contributed by atoms with Gasteiger partial charge in [0.15, 0.2) is 0 Å². The molecule has 3 amide bonds. The summed E-state index contributed by atoms with van der Waals surface area (Å²) < 4.78 is 10.5. The minimum Gasteiger partial charge on any atom is -0.490 e. The van der Waals surface area contributed by atoms with Crippen LogP contribution in [0.3, 0.4) is 0 Å². The van der Waals surface area contributed by atoms with Gasteiger partial charge in [0, 0.05) is 6.42 Å². The van der Waals surface area contributed by atoms with Gasteiger partial charge < -0.3 is 14.8 Å². The Hall–Kier alpha value is -2.57. The first kappa shape index (κ1) is 17.3. The second-order valence-electron chi connectivity index (χ2n) is 6.31. The maximum atomic E-state index is 12.4. The van der Waals surface area contributed by atoms with E-state index in [9.17, 15) is 14.4 Å². The Morgan fingerprint density at radius 2 is 1.88 bits per heavy atom. The number of nitrogens with zero attached hydrogens (tertiary/aromatic N) is 1. The quantitative estimate of drug-likeness (QED) is 0.631. The summed E-state index contributed by atoms with van der Waals surface area (Å²) in [7, 11) is 1.29. The fourth-order valence-electron chi connectivity index (χ4n) is 3.21. The third-order valence-corrected chi connectivity index (χ3v) is 4.58. The van der Waals surface area contributed by atoms with Gasteiger partial charge in [-0.25, -0.2) is 9.69 Å². The second kappa shape index (κ2) is 7.55. The zero-order valence-corrected chi connectivity index (χ0v) is 14.2. The SMILES string of the molecule is COC(=O)CC[C@H]1NC(=O)N(c2ccc(OC3CCCC3)cc2)C1=O. The fourth-order valence-corrected chi connectivity index (χ4v) is 3.21. The molecule has 134 valence electrons. The number of carbonyl (C=O) groups is 3. The van der Waals surface area contributed by atoms with Crippen LogP contribution in [0.25, 0.3) is 0 Å². The lowest BCUT2D eigenvalue weighted by Gasteiger charge is -2.16. The number of rotatable bonds is 6. The Morgan fingerprint density at radius 1 is 1.20 bits per heavy atom. The van der Waals surface area contributed by atoms with Crippen molar-refractivity contribution in [3.8, 4) is 5.75 Å². The summed E-state index contributed by atoms with van der Waals surface area (Å²) in [6.07, 6.45) is 5.07. The van der Waals surface area contributed by atoms with Crippen LogP contribution in [0.2, 0.25) is 0 Å². The van der Waals surface area contributed by atoms with E-state index in [-0.39, 0.29) is 24.9 Å². The maximum absolute atomic E-state index is 12.4. The van der Waals surface area contributed by atoms with Crippen molar-refractivity contribution >= 4 is 23.6 Å². The third kappa shape index (κ3) is 3.92. The number of benzene rings is 1. The second-order valence-corrected chi connectivity index (χ2v) is 6.31. The molecular weight excluding hydrogens is 324 g/mol. The van der Waals surface area contributed by atoms with E-state index in [1.165, 1.54) is 20.0 Å². The lowest BCUT2D eigenvalue weighted by Crippen LogP contribution is -2.31. The van der Waals surface area contributed by atoms with Crippen molar-refractivity contribution in [2.45, 2.75) is 50.7 Å². The average molecular weight is 346 g/mol. The van der Waals surface area contributed by atoms with Crippen molar-refractivity contribution in [2.24, 2.45) is 0 Å². The predicted molar refractivity (Wildman–Crippen MR) is 90.4 cm³/mol.